The molecule has 0 radical (unpaired) electrons. The first-order valence-electron chi connectivity index (χ1n) is 4.77. The second-order valence-corrected chi connectivity index (χ2v) is 4.99. The Kier molecular flexibility index (Phi) is 2.67. The quantitative estimate of drug-likeness (QED) is 0.771. The smallest absolute Gasteiger partial charge is 0.0216 e. The molecule has 0 spiro atoms. The minimum absolute atomic E-state index is 0.446. The zero-order valence-corrected chi connectivity index (χ0v) is 8.73. The van der Waals surface area contributed by atoms with Crippen LogP contribution in [0.25, 0.3) is 0 Å². The van der Waals surface area contributed by atoms with E-state index in [1.807, 2.05) is 11.3 Å². The molecule has 0 amide bonds. The van der Waals surface area contributed by atoms with Gasteiger partial charge in [-0.1, -0.05) is 0 Å². The van der Waals surface area contributed by atoms with Crippen molar-refractivity contribution in [3.8, 4) is 0 Å². The minimum atomic E-state index is 0.446. The summed E-state index contributed by atoms with van der Waals surface area (Å²) >= 11 is 1.82. The SMILES string of the molecule is Cc1cc(CNC2CC(N)C2)cs1. The normalized spacial score (nSPS) is 27.2. The van der Waals surface area contributed by atoms with Gasteiger partial charge in [-0.15, -0.1) is 11.3 Å². The van der Waals surface area contributed by atoms with Crippen molar-refractivity contribution in [3.63, 3.8) is 0 Å². The molecule has 1 saturated carbocycles. The topological polar surface area (TPSA) is 38.0 Å². The van der Waals surface area contributed by atoms with Crippen LogP contribution in [0.1, 0.15) is 23.3 Å². The van der Waals surface area contributed by atoms with Crippen LogP contribution in [0.4, 0.5) is 0 Å². The highest BCUT2D eigenvalue weighted by atomic mass is 32.1. The van der Waals surface area contributed by atoms with Gasteiger partial charge in [0.15, 0.2) is 0 Å². The predicted octanol–water partition coefficient (Wildman–Crippen LogP) is 1.64. The molecular formula is C10H16N2S. The molecule has 1 aromatic rings. The van der Waals surface area contributed by atoms with E-state index >= 15 is 0 Å². The lowest BCUT2D eigenvalue weighted by molar-refractivity contribution is 0.291. The molecule has 2 rings (SSSR count). The van der Waals surface area contributed by atoms with Crippen LogP contribution in [-0.4, -0.2) is 12.1 Å². The second-order valence-electron chi connectivity index (χ2n) is 3.87. The number of hydrogen-bond donors (Lipinski definition) is 2. The van der Waals surface area contributed by atoms with E-state index in [0.29, 0.717) is 12.1 Å². The average Bonchev–Trinajstić information content (AvgIpc) is 2.43. The molecule has 0 bridgehead atoms. The van der Waals surface area contributed by atoms with Crippen LogP contribution in [0.15, 0.2) is 11.4 Å². The van der Waals surface area contributed by atoms with E-state index in [4.69, 9.17) is 5.73 Å². The van der Waals surface area contributed by atoms with Gasteiger partial charge < -0.3 is 11.1 Å². The first kappa shape index (κ1) is 9.19. The van der Waals surface area contributed by atoms with Crippen molar-refractivity contribution in [2.45, 2.75) is 38.4 Å². The Bertz CT molecular complexity index is 276. The number of hydrogen-bond acceptors (Lipinski definition) is 3. The van der Waals surface area contributed by atoms with Gasteiger partial charge in [0.1, 0.15) is 0 Å². The third-order valence-corrected chi connectivity index (χ3v) is 3.46. The van der Waals surface area contributed by atoms with Crippen molar-refractivity contribution < 1.29 is 0 Å². The molecule has 0 aliphatic heterocycles. The number of rotatable bonds is 3. The summed E-state index contributed by atoms with van der Waals surface area (Å²) < 4.78 is 0. The molecule has 0 aromatic carbocycles. The molecule has 1 aliphatic rings. The van der Waals surface area contributed by atoms with Crippen LogP contribution in [0, 0.1) is 6.92 Å². The molecule has 1 fully saturated rings. The van der Waals surface area contributed by atoms with Gasteiger partial charge in [-0.3, -0.25) is 0 Å². The Balaban J connectivity index is 1.74. The molecular weight excluding hydrogens is 180 g/mol. The largest absolute Gasteiger partial charge is 0.328 e. The van der Waals surface area contributed by atoms with Crippen LogP contribution in [0.5, 0.6) is 0 Å². The maximum Gasteiger partial charge on any atom is 0.0216 e. The third-order valence-electron chi connectivity index (χ3n) is 2.55. The Morgan fingerprint density at radius 2 is 2.38 bits per heavy atom. The highest BCUT2D eigenvalue weighted by molar-refractivity contribution is 7.10. The van der Waals surface area contributed by atoms with E-state index in [0.717, 1.165) is 19.4 Å². The molecule has 1 aliphatic carbocycles. The summed E-state index contributed by atoms with van der Waals surface area (Å²) in [7, 11) is 0. The monoisotopic (exact) mass is 196 g/mol. The standard InChI is InChI=1S/C10H16N2S/c1-7-2-8(6-13-7)5-12-10-3-9(11)4-10/h2,6,9-10,12H,3-5,11H2,1H3. The van der Waals surface area contributed by atoms with Crippen molar-refractivity contribution in [3.05, 3.63) is 21.9 Å². The van der Waals surface area contributed by atoms with Crippen LogP contribution in [0.2, 0.25) is 0 Å². The zero-order valence-electron chi connectivity index (χ0n) is 7.92. The highest BCUT2D eigenvalue weighted by Crippen LogP contribution is 2.19. The van der Waals surface area contributed by atoms with Crippen molar-refractivity contribution in [1.29, 1.82) is 0 Å². The van der Waals surface area contributed by atoms with Gasteiger partial charge in [-0.05, 0) is 36.8 Å². The number of nitrogens with one attached hydrogen (secondary N) is 1. The van der Waals surface area contributed by atoms with E-state index in [2.05, 4.69) is 23.7 Å². The third kappa shape index (κ3) is 2.30. The summed E-state index contributed by atoms with van der Waals surface area (Å²) in [5, 5.41) is 5.73. The Hall–Kier alpha value is -0.380. The lowest BCUT2D eigenvalue weighted by Crippen LogP contribution is -2.47. The lowest BCUT2D eigenvalue weighted by Gasteiger charge is -2.33. The molecule has 2 nitrogen and oxygen atoms in total. The summed E-state index contributed by atoms with van der Waals surface area (Å²) in [5.41, 5.74) is 7.11. The predicted molar refractivity (Wildman–Crippen MR) is 56.9 cm³/mol. The Morgan fingerprint density at radius 3 is 2.92 bits per heavy atom. The maximum absolute atomic E-state index is 5.70. The van der Waals surface area contributed by atoms with E-state index < -0.39 is 0 Å². The molecule has 0 unspecified atom stereocenters. The summed E-state index contributed by atoms with van der Waals surface area (Å²) in [5.74, 6) is 0. The lowest BCUT2D eigenvalue weighted by atomic mass is 9.87. The van der Waals surface area contributed by atoms with E-state index in [1.165, 1.54) is 10.4 Å². The van der Waals surface area contributed by atoms with E-state index in [9.17, 15) is 0 Å². The van der Waals surface area contributed by atoms with Crippen LogP contribution < -0.4 is 11.1 Å². The molecule has 72 valence electrons. The first-order valence-corrected chi connectivity index (χ1v) is 5.65. The first-order chi connectivity index (χ1) is 6.24. The second kappa shape index (κ2) is 3.78. The van der Waals surface area contributed by atoms with Gasteiger partial charge >= 0.3 is 0 Å². The fraction of sp³-hybridized carbons (Fsp3) is 0.600. The molecule has 0 atom stereocenters. The van der Waals surface area contributed by atoms with Crippen molar-refractivity contribution >= 4 is 11.3 Å². The van der Waals surface area contributed by atoms with Crippen molar-refractivity contribution in [2.75, 3.05) is 0 Å². The average molecular weight is 196 g/mol. The van der Waals surface area contributed by atoms with Gasteiger partial charge in [0, 0.05) is 23.5 Å². The van der Waals surface area contributed by atoms with Gasteiger partial charge in [0.2, 0.25) is 0 Å². The van der Waals surface area contributed by atoms with Gasteiger partial charge in [0.25, 0.3) is 0 Å². The van der Waals surface area contributed by atoms with Gasteiger partial charge in [-0.2, -0.15) is 0 Å². The van der Waals surface area contributed by atoms with E-state index in [-0.39, 0.29) is 0 Å². The molecule has 0 saturated heterocycles. The number of aryl methyl sites for hydroxylation is 1. The molecule has 1 aromatic heterocycles. The molecule has 1 heterocycles. The van der Waals surface area contributed by atoms with Crippen LogP contribution in [-0.2, 0) is 6.54 Å². The Labute approximate surface area is 83.1 Å². The van der Waals surface area contributed by atoms with Crippen LogP contribution in [0.3, 0.4) is 0 Å². The number of nitrogens with two attached hydrogens (primary N) is 1. The summed E-state index contributed by atoms with van der Waals surface area (Å²) in [6.07, 6.45) is 2.28. The fourth-order valence-electron chi connectivity index (χ4n) is 1.68. The Morgan fingerprint density at radius 1 is 1.62 bits per heavy atom. The van der Waals surface area contributed by atoms with Gasteiger partial charge in [-0.25, -0.2) is 0 Å². The van der Waals surface area contributed by atoms with Gasteiger partial charge in [0.05, 0.1) is 0 Å². The summed E-state index contributed by atoms with van der Waals surface area (Å²) in [6.45, 7) is 3.15. The van der Waals surface area contributed by atoms with Crippen molar-refractivity contribution in [1.82, 2.24) is 5.32 Å². The maximum atomic E-state index is 5.70. The van der Waals surface area contributed by atoms with Crippen LogP contribution >= 0.6 is 11.3 Å². The minimum Gasteiger partial charge on any atom is -0.328 e. The molecule has 3 N–H and O–H groups in total. The summed E-state index contributed by atoms with van der Waals surface area (Å²) in [6, 6.07) is 3.35. The fourth-order valence-corrected chi connectivity index (χ4v) is 2.39. The zero-order chi connectivity index (χ0) is 9.26. The van der Waals surface area contributed by atoms with Crippen molar-refractivity contribution in [2.24, 2.45) is 5.73 Å². The number of thiophene rings is 1. The van der Waals surface area contributed by atoms with E-state index in [1.54, 1.807) is 0 Å². The summed E-state index contributed by atoms with van der Waals surface area (Å²) in [4.78, 5) is 1.39. The molecule has 3 heteroatoms. The molecule has 13 heavy (non-hydrogen) atoms. The highest BCUT2D eigenvalue weighted by Gasteiger charge is 2.24.